The first-order chi connectivity index (χ1) is 10.6. The number of carbonyl (C=O) groups is 1. The molecule has 116 valence electrons. The van der Waals surface area contributed by atoms with E-state index in [1.165, 1.54) is 0 Å². The van der Waals surface area contributed by atoms with E-state index in [2.05, 4.69) is 4.98 Å². The molecule has 2 aromatic rings. The van der Waals surface area contributed by atoms with Gasteiger partial charge in [-0.2, -0.15) is 0 Å². The molecule has 5 nitrogen and oxygen atoms in total. The van der Waals surface area contributed by atoms with Crippen LogP contribution in [0, 0.1) is 6.92 Å². The number of aliphatic hydroxyl groups excluding tert-OH is 1. The summed E-state index contributed by atoms with van der Waals surface area (Å²) in [4.78, 5) is 18.6. The maximum Gasteiger partial charge on any atom is 0.255 e. The fourth-order valence-corrected chi connectivity index (χ4v) is 3.04. The summed E-state index contributed by atoms with van der Waals surface area (Å²) in [5, 5.41) is 10.2. The topological polar surface area (TPSA) is 66.6 Å². The molecule has 0 saturated carbocycles. The molecular formula is C17H20N2O3. The van der Waals surface area contributed by atoms with Gasteiger partial charge in [0.05, 0.1) is 11.8 Å². The van der Waals surface area contributed by atoms with Crippen LogP contribution in [0.3, 0.4) is 0 Å². The van der Waals surface area contributed by atoms with Gasteiger partial charge in [-0.3, -0.25) is 9.78 Å². The van der Waals surface area contributed by atoms with Crippen molar-refractivity contribution in [2.75, 3.05) is 6.54 Å². The highest BCUT2D eigenvalue weighted by Gasteiger charge is 2.31. The molecule has 2 unspecified atom stereocenters. The molecule has 1 fully saturated rings. The number of hydrogen-bond donors (Lipinski definition) is 1. The second kappa shape index (κ2) is 6.32. The van der Waals surface area contributed by atoms with Crippen molar-refractivity contribution in [2.24, 2.45) is 0 Å². The summed E-state index contributed by atoms with van der Waals surface area (Å²) in [6.45, 7) is 2.65. The molecule has 1 N–H and O–H groups in total. The van der Waals surface area contributed by atoms with Gasteiger partial charge >= 0.3 is 0 Å². The lowest BCUT2D eigenvalue weighted by Gasteiger charge is -2.26. The van der Waals surface area contributed by atoms with Crippen LogP contribution in [0.15, 0.2) is 41.3 Å². The van der Waals surface area contributed by atoms with Gasteiger partial charge in [-0.25, -0.2) is 0 Å². The number of nitrogens with zero attached hydrogens (tertiary/aromatic N) is 2. The zero-order valence-corrected chi connectivity index (χ0v) is 12.6. The van der Waals surface area contributed by atoms with E-state index in [0.717, 1.165) is 24.9 Å². The molecule has 5 heteroatoms. The lowest BCUT2D eigenvalue weighted by atomic mass is 10.0. The lowest BCUT2D eigenvalue weighted by molar-refractivity contribution is 0.0641. The van der Waals surface area contributed by atoms with Crippen LogP contribution in [0.4, 0.5) is 0 Å². The van der Waals surface area contributed by atoms with Crippen molar-refractivity contribution in [3.8, 4) is 0 Å². The van der Waals surface area contributed by atoms with Gasteiger partial charge < -0.3 is 14.4 Å². The van der Waals surface area contributed by atoms with Crippen LogP contribution in [0.2, 0.25) is 0 Å². The molecular weight excluding hydrogens is 280 g/mol. The highest BCUT2D eigenvalue weighted by atomic mass is 16.4. The first-order valence-corrected chi connectivity index (χ1v) is 7.59. The quantitative estimate of drug-likeness (QED) is 0.942. The molecule has 1 amide bonds. The maximum atomic E-state index is 12.7. The standard InChI is InChI=1S/C17H20N2O3/c1-12-8-13(11-18-10-12)17(21)19-6-2-4-14(19)9-15(20)16-5-3-7-22-16/h3,5,7-8,10-11,14-15,20H,2,4,6,9H2,1H3. The molecule has 0 aliphatic carbocycles. The van der Waals surface area contributed by atoms with E-state index in [1.54, 1.807) is 30.8 Å². The lowest BCUT2D eigenvalue weighted by Crippen LogP contribution is -2.36. The monoisotopic (exact) mass is 300 g/mol. The molecule has 3 rings (SSSR count). The zero-order valence-electron chi connectivity index (χ0n) is 12.6. The Hall–Kier alpha value is -2.14. The van der Waals surface area contributed by atoms with Crippen LogP contribution in [0.5, 0.6) is 0 Å². The number of hydrogen-bond acceptors (Lipinski definition) is 4. The van der Waals surface area contributed by atoms with E-state index in [9.17, 15) is 9.90 Å². The summed E-state index contributed by atoms with van der Waals surface area (Å²) in [5.74, 6) is 0.543. The summed E-state index contributed by atoms with van der Waals surface area (Å²) in [5.41, 5.74) is 1.58. The number of amides is 1. The Morgan fingerprint density at radius 3 is 3.14 bits per heavy atom. The predicted octanol–water partition coefficient (Wildman–Crippen LogP) is 2.71. The fourth-order valence-electron chi connectivity index (χ4n) is 3.04. The normalized spacial score (nSPS) is 19.4. The first kappa shape index (κ1) is 14.8. The van der Waals surface area contributed by atoms with Gasteiger partial charge in [0.2, 0.25) is 0 Å². The highest BCUT2D eigenvalue weighted by Crippen LogP contribution is 2.28. The first-order valence-electron chi connectivity index (χ1n) is 7.59. The van der Waals surface area contributed by atoms with Crippen molar-refractivity contribution < 1.29 is 14.3 Å². The Morgan fingerprint density at radius 1 is 1.55 bits per heavy atom. The number of aromatic nitrogens is 1. The van der Waals surface area contributed by atoms with E-state index < -0.39 is 6.10 Å². The number of rotatable bonds is 4. The van der Waals surface area contributed by atoms with Crippen molar-refractivity contribution in [2.45, 2.75) is 38.3 Å². The Kier molecular flexibility index (Phi) is 4.24. The number of aryl methyl sites for hydroxylation is 1. The van der Waals surface area contributed by atoms with Crippen molar-refractivity contribution in [1.82, 2.24) is 9.88 Å². The predicted molar refractivity (Wildman–Crippen MR) is 81.3 cm³/mol. The minimum Gasteiger partial charge on any atom is -0.467 e. The summed E-state index contributed by atoms with van der Waals surface area (Å²) >= 11 is 0. The molecule has 3 heterocycles. The van der Waals surface area contributed by atoms with Crippen LogP contribution >= 0.6 is 0 Å². The average Bonchev–Trinajstić information content (AvgIpc) is 3.18. The molecule has 1 aliphatic heterocycles. The van der Waals surface area contributed by atoms with Crippen LogP contribution in [-0.4, -0.2) is 33.5 Å². The summed E-state index contributed by atoms with van der Waals surface area (Å²) in [7, 11) is 0. The fraction of sp³-hybridized carbons (Fsp3) is 0.412. The number of pyridine rings is 1. The Bertz CT molecular complexity index is 639. The van der Waals surface area contributed by atoms with E-state index in [4.69, 9.17) is 4.42 Å². The SMILES string of the molecule is Cc1cncc(C(=O)N2CCCC2CC(O)c2ccco2)c1. The Balaban J connectivity index is 1.71. The van der Waals surface area contributed by atoms with E-state index in [1.807, 2.05) is 17.9 Å². The molecule has 22 heavy (non-hydrogen) atoms. The summed E-state index contributed by atoms with van der Waals surface area (Å²) in [6, 6.07) is 5.41. The third kappa shape index (κ3) is 3.04. The van der Waals surface area contributed by atoms with Gasteiger partial charge in [0.25, 0.3) is 5.91 Å². The van der Waals surface area contributed by atoms with Crippen LogP contribution in [0.25, 0.3) is 0 Å². The van der Waals surface area contributed by atoms with Gasteiger partial charge in [0.1, 0.15) is 11.9 Å². The molecule has 2 aromatic heterocycles. The second-order valence-corrected chi connectivity index (χ2v) is 5.81. The van der Waals surface area contributed by atoms with Gasteiger partial charge in [-0.15, -0.1) is 0 Å². The van der Waals surface area contributed by atoms with E-state index in [-0.39, 0.29) is 11.9 Å². The third-order valence-electron chi connectivity index (χ3n) is 4.13. The van der Waals surface area contributed by atoms with E-state index >= 15 is 0 Å². The number of carbonyl (C=O) groups excluding carboxylic acids is 1. The number of likely N-dealkylation sites (tertiary alicyclic amines) is 1. The van der Waals surface area contributed by atoms with E-state index in [0.29, 0.717) is 17.7 Å². The largest absolute Gasteiger partial charge is 0.467 e. The molecule has 0 bridgehead atoms. The molecule has 2 atom stereocenters. The van der Waals surface area contributed by atoms with Crippen molar-refractivity contribution in [1.29, 1.82) is 0 Å². The number of furan rings is 1. The van der Waals surface area contributed by atoms with Crippen LogP contribution in [-0.2, 0) is 0 Å². The zero-order chi connectivity index (χ0) is 15.5. The summed E-state index contributed by atoms with van der Waals surface area (Å²) in [6.07, 6.45) is 6.58. The Labute approximate surface area is 129 Å². The highest BCUT2D eigenvalue weighted by molar-refractivity contribution is 5.94. The van der Waals surface area contributed by atoms with Gasteiger partial charge in [-0.1, -0.05) is 0 Å². The average molecular weight is 300 g/mol. The van der Waals surface area contributed by atoms with Gasteiger partial charge in [-0.05, 0) is 43.5 Å². The molecule has 1 aliphatic rings. The summed E-state index contributed by atoms with van der Waals surface area (Å²) < 4.78 is 5.24. The van der Waals surface area contributed by atoms with Crippen molar-refractivity contribution in [3.63, 3.8) is 0 Å². The Morgan fingerprint density at radius 2 is 2.41 bits per heavy atom. The van der Waals surface area contributed by atoms with Crippen LogP contribution in [0.1, 0.15) is 47.0 Å². The maximum absolute atomic E-state index is 12.7. The van der Waals surface area contributed by atoms with Crippen molar-refractivity contribution in [3.05, 3.63) is 53.7 Å². The van der Waals surface area contributed by atoms with Gasteiger partial charge in [0.15, 0.2) is 0 Å². The smallest absolute Gasteiger partial charge is 0.255 e. The molecule has 0 radical (unpaired) electrons. The minimum absolute atomic E-state index is 0.00894. The van der Waals surface area contributed by atoms with Crippen molar-refractivity contribution >= 4 is 5.91 Å². The molecule has 1 saturated heterocycles. The van der Waals surface area contributed by atoms with Crippen LogP contribution < -0.4 is 0 Å². The van der Waals surface area contributed by atoms with Gasteiger partial charge in [0, 0.05) is 31.4 Å². The molecule has 0 spiro atoms. The second-order valence-electron chi connectivity index (χ2n) is 5.81. The minimum atomic E-state index is -0.677. The number of aliphatic hydroxyl groups is 1. The molecule has 0 aromatic carbocycles. The third-order valence-corrected chi connectivity index (χ3v) is 4.13.